The number of ether oxygens (including phenoxy) is 2. The van der Waals surface area contributed by atoms with E-state index >= 15 is 0 Å². The smallest absolute Gasteiger partial charge is 0.273 e. The van der Waals surface area contributed by atoms with Crippen LogP contribution in [0.15, 0.2) is 47.3 Å². The second kappa shape index (κ2) is 9.36. The van der Waals surface area contributed by atoms with Gasteiger partial charge < -0.3 is 14.6 Å². The lowest BCUT2D eigenvalue weighted by molar-refractivity contribution is -0.126. The summed E-state index contributed by atoms with van der Waals surface area (Å²) in [4.78, 5) is 30.2. The van der Waals surface area contributed by atoms with E-state index in [0.717, 1.165) is 0 Å². The highest BCUT2D eigenvalue weighted by molar-refractivity contribution is 8.00. The number of rotatable bonds is 6. The van der Waals surface area contributed by atoms with E-state index in [2.05, 4.69) is 10.4 Å². The number of methoxy groups -OCH3 is 2. The van der Waals surface area contributed by atoms with E-state index < -0.39 is 10.9 Å². The lowest BCUT2D eigenvalue weighted by Crippen LogP contribution is -2.37. The molecule has 1 atom stereocenters. The molecule has 3 aromatic rings. The quantitative estimate of drug-likeness (QED) is 0.548. The fourth-order valence-corrected chi connectivity index (χ4v) is 4.61. The van der Waals surface area contributed by atoms with Crippen molar-refractivity contribution in [1.29, 1.82) is 5.26 Å². The molecule has 2 aromatic carbocycles. The van der Waals surface area contributed by atoms with Gasteiger partial charge in [0.25, 0.3) is 11.5 Å². The Labute approximate surface area is 199 Å². The van der Waals surface area contributed by atoms with Crippen molar-refractivity contribution >= 4 is 23.6 Å². The summed E-state index contributed by atoms with van der Waals surface area (Å²) in [6, 6.07) is 13.6. The molecule has 0 saturated carbocycles. The monoisotopic (exact) mass is 479 g/mol. The number of carbonyl (C=O) groups is 1. The van der Waals surface area contributed by atoms with E-state index in [0.29, 0.717) is 16.9 Å². The number of aromatic nitrogens is 2. The van der Waals surface area contributed by atoms with Gasteiger partial charge in [-0.05, 0) is 42.0 Å². The molecule has 0 bridgehead atoms. The van der Waals surface area contributed by atoms with Crippen LogP contribution in [0.5, 0.6) is 17.2 Å². The first-order valence-electron chi connectivity index (χ1n) is 10.1. The molecule has 2 heterocycles. The van der Waals surface area contributed by atoms with Gasteiger partial charge in [0.2, 0.25) is 5.95 Å². The van der Waals surface area contributed by atoms with E-state index in [1.54, 1.807) is 43.5 Å². The summed E-state index contributed by atoms with van der Waals surface area (Å²) in [5.41, 5.74) is 3.77. The van der Waals surface area contributed by atoms with Crippen molar-refractivity contribution in [2.24, 2.45) is 7.05 Å². The standard InChI is InChI=1S/C23H21N5O5S/c1-27-21(31)16(11-24)20(13-4-7-15(32-2)8-5-13)25-23(27)26-28-19(30)12-34-22(28)14-6-9-17(29)18(10-14)33-3/h4-10,22,29H,12H2,1-3H3,(H,25,26). The van der Waals surface area contributed by atoms with Crippen LogP contribution in [-0.2, 0) is 11.8 Å². The summed E-state index contributed by atoms with van der Waals surface area (Å²) in [5, 5.41) is 20.4. The van der Waals surface area contributed by atoms with Gasteiger partial charge in [-0.1, -0.05) is 6.07 Å². The molecular weight excluding hydrogens is 458 g/mol. The van der Waals surface area contributed by atoms with Crippen LogP contribution in [-0.4, -0.2) is 45.5 Å². The lowest BCUT2D eigenvalue weighted by atomic mass is 10.1. The average Bonchev–Trinajstić information content (AvgIpc) is 3.22. The lowest BCUT2D eigenvalue weighted by Gasteiger charge is -2.26. The number of hydrogen-bond acceptors (Lipinski definition) is 9. The zero-order valence-electron chi connectivity index (χ0n) is 18.6. The van der Waals surface area contributed by atoms with Crippen molar-refractivity contribution in [1.82, 2.24) is 14.6 Å². The Balaban J connectivity index is 1.75. The van der Waals surface area contributed by atoms with E-state index in [1.165, 1.54) is 41.6 Å². The van der Waals surface area contributed by atoms with E-state index in [4.69, 9.17) is 9.47 Å². The largest absolute Gasteiger partial charge is 0.504 e. The minimum atomic E-state index is -0.548. The third-order valence-electron chi connectivity index (χ3n) is 5.34. The highest BCUT2D eigenvalue weighted by atomic mass is 32.2. The van der Waals surface area contributed by atoms with Gasteiger partial charge >= 0.3 is 0 Å². The zero-order chi connectivity index (χ0) is 24.4. The van der Waals surface area contributed by atoms with Crippen LogP contribution in [0.2, 0.25) is 0 Å². The molecule has 0 spiro atoms. The normalized spacial score (nSPS) is 15.2. The molecule has 1 fully saturated rings. The molecule has 1 aliphatic rings. The molecule has 0 aliphatic carbocycles. The number of nitriles is 1. The van der Waals surface area contributed by atoms with Gasteiger partial charge in [-0.15, -0.1) is 11.8 Å². The number of nitrogens with zero attached hydrogens (tertiary/aromatic N) is 4. The summed E-state index contributed by atoms with van der Waals surface area (Å²) >= 11 is 1.37. The van der Waals surface area contributed by atoms with Crippen LogP contribution in [0.1, 0.15) is 16.5 Å². The SMILES string of the molecule is COc1ccc(-c2nc(NN3C(=O)CSC3c3ccc(O)c(OC)c3)n(C)c(=O)c2C#N)cc1. The summed E-state index contributed by atoms with van der Waals surface area (Å²) in [6.45, 7) is 0. The van der Waals surface area contributed by atoms with Crippen molar-refractivity contribution in [3.05, 3.63) is 63.9 Å². The Bertz CT molecular complexity index is 1350. The number of hydrogen-bond donors (Lipinski definition) is 2. The number of thioether (sulfide) groups is 1. The molecular formula is C23H21N5O5S. The van der Waals surface area contributed by atoms with Crippen molar-refractivity contribution in [2.75, 3.05) is 25.4 Å². The van der Waals surface area contributed by atoms with Crippen LogP contribution in [0.4, 0.5) is 5.95 Å². The number of phenols is 1. The molecule has 4 rings (SSSR count). The molecule has 10 nitrogen and oxygen atoms in total. The summed E-state index contributed by atoms with van der Waals surface area (Å²) in [6.07, 6.45) is 0. The minimum absolute atomic E-state index is 0.0135. The molecule has 174 valence electrons. The van der Waals surface area contributed by atoms with Crippen LogP contribution < -0.4 is 20.5 Å². The Hall–Kier alpha value is -4.17. The average molecular weight is 480 g/mol. The summed E-state index contributed by atoms with van der Waals surface area (Å²) in [7, 11) is 4.46. The molecule has 1 unspecified atom stereocenters. The fourth-order valence-electron chi connectivity index (χ4n) is 3.51. The second-order valence-electron chi connectivity index (χ2n) is 7.33. The van der Waals surface area contributed by atoms with Crippen molar-refractivity contribution in [3.63, 3.8) is 0 Å². The Morgan fingerprint density at radius 2 is 1.91 bits per heavy atom. The third kappa shape index (κ3) is 4.11. The maximum Gasteiger partial charge on any atom is 0.273 e. The number of phenolic OH excluding ortho intramolecular Hbond substituents is 1. The summed E-state index contributed by atoms with van der Waals surface area (Å²) in [5.74, 6) is 0.976. The predicted octanol–water partition coefficient (Wildman–Crippen LogP) is 2.64. The van der Waals surface area contributed by atoms with Crippen molar-refractivity contribution in [2.45, 2.75) is 5.37 Å². The van der Waals surface area contributed by atoms with Gasteiger partial charge in [-0.3, -0.25) is 19.6 Å². The Morgan fingerprint density at radius 1 is 1.18 bits per heavy atom. The van der Waals surface area contributed by atoms with E-state index in [9.17, 15) is 20.0 Å². The van der Waals surface area contributed by atoms with Crippen LogP contribution in [0.3, 0.4) is 0 Å². The third-order valence-corrected chi connectivity index (χ3v) is 6.56. The van der Waals surface area contributed by atoms with Gasteiger partial charge in [-0.25, -0.2) is 9.99 Å². The minimum Gasteiger partial charge on any atom is -0.504 e. The van der Waals surface area contributed by atoms with E-state index in [-0.39, 0.29) is 40.4 Å². The summed E-state index contributed by atoms with van der Waals surface area (Å²) < 4.78 is 11.5. The van der Waals surface area contributed by atoms with Gasteiger partial charge in [0, 0.05) is 12.6 Å². The first-order chi connectivity index (χ1) is 16.4. The van der Waals surface area contributed by atoms with E-state index in [1.807, 2.05) is 6.07 Å². The van der Waals surface area contributed by atoms with Gasteiger partial charge in [0.05, 0.1) is 25.7 Å². The Kier molecular flexibility index (Phi) is 6.34. The highest BCUT2D eigenvalue weighted by Gasteiger charge is 2.35. The van der Waals surface area contributed by atoms with Crippen molar-refractivity contribution in [3.8, 4) is 34.6 Å². The van der Waals surface area contributed by atoms with Crippen LogP contribution in [0, 0.1) is 11.3 Å². The number of anilines is 1. The molecule has 34 heavy (non-hydrogen) atoms. The predicted molar refractivity (Wildman–Crippen MR) is 127 cm³/mol. The maximum absolute atomic E-state index is 12.9. The number of aromatic hydroxyl groups is 1. The van der Waals surface area contributed by atoms with Gasteiger partial charge in [0.15, 0.2) is 11.5 Å². The van der Waals surface area contributed by atoms with Crippen LogP contribution >= 0.6 is 11.8 Å². The van der Waals surface area contributed by atoms with Crippen molar-refractivity contribution < 1.29 is 19.4 Å². The number of nitrogens with one attached hydrogen (secondary N) is 1. The Morgan fingerprint density at radius 3 is 2.56 bits per heavy atom. The van der Waals surface area contributed by atoms with Crippen LogP contribution in [0.25, 0.3) is 11.3 Å². The van der Waals surface area contributed by atoms with Gasteiger partial charge in [-0.2, -0.15) is 5.26 Å². The number of carbonyl (C=O) groups excluding carboxylic acids is 1. The first-order valence-corrected chi connectivity index (χ1v) is 11.2. The number of hydrazine groups is 1. The number of amides is 1. The second-order valence-corrected chi connectivity index (χ2v) is 8.40. The molecule has 1 aliphatic heterocycles. The molecule has 11 heteroatoms. The highest BCUT2D eigenvalue weighted by Crippen LogP contribution is 2.41. The zero-order valence-corrected chi connectivity index (χ0v) is 19.4. The molecule has 1 saturated heterocycles. The first kappa shape index (κ1) is 23.0. The fraction of sp³-hybridized carbons (Fsp3) is 0.217. The number of benzene rings is 2. The molecule has 1 aromatic heterocycles. The topological polar surface area (TPSA) is 130 Å². The molecule has 2 N–H and O–H groups in total. The molecule has 1 amide bonds. The molecule has 0 radical (unpaired) electrons. The van der Waals surface area contributed by atoms with Gasteiger partial charge in [0.1, 0.15) is 22.8 Å². The maximum atomic E-state index is 12.9.